The average molecular weight is 261 g/mol. The van der Waals surface area contributed by atoms with Gasteiger partial charge in [-0.1, -0.05) is 12.1 Å². The number of hydrogen-bond acceptors (Lipinski definition) is 4. The minimum absolute atomic E-state index is 0.289. The first kappa shape index (κ1) is 11.4. The van der Waals surface area contributed by atoms with E-state index in [2.05, 4.69) is 4.98 Å². The summed E-state index contributed by atoms with van der Waals surface area (Å²) >= 11 is 1.58. The summed E-state index contributed by atoms with van der Waals surface area (Å²) in [5.74, 6) is -0.915. The molecule has 0 spiro atoms. The molecule has 0 amide bonds. The minimum Gasteiger partial charge on any atom is -0.478 e. The van der Waals surface area contributed by atoms with Gasteiger partial charge in [0.15, 0.2) is 0 Å². The van der Waals surface area contributed by atoms with Crippen molar-refractivity contribution in [1.82, 2.24) is 4.98 Å². The maximum atomic E-state index is 10.9. The number of hydrogen-bond donors (Lipinski definition) is 1. The molecule has 4 nitrogen and oxygen atoms in total. The molecule has 2 heterocycles. The van der Waals surface area contributed by atoms with Crippen LogP contribution in [0.5, 0.6) is 0 Å². The van der Waals surface area contributed by atoms with Crippen LogP contribution in [0.1, 0.15) is 20.9 Å². The summed E-state index contributed by atoms with van der Waals surface area (Å²) in [7, 11) is 0. The molecule has 0 aliphatic carbocycles. The van der Waals surface area contributed by atoms with Crippen LogP contribution in [0.3, 0.4) is 0 Å². The van der Waals surface area contributed by atoms with Crippen LogP contribution >= 0.6 is 11.3 Å². The highest BCUT2D eigenvalue weighted by Crippen LogP contribution is 2.31. The molecule has 2 aromatic rings. The number of aromatic nitrogens is 1. The highest BCUT2D eigenvalue weighted by atomic mass is 32.1. The van der Waals surface area contributed by atoms with Crippen molar-refractivity contribution in [3.05, 3.63) is 40.4 Å². The molecule has 18 heavy (non-hydrogen) atoms. The highest BCUT2D eigenvalue weighted by molar-refractivity contribution is 7.15. The van der Waals surface area contributed by atoms with Gasteiger partial charge in [0.2, 0.25) is 0 Å². The third kappa shape index (κ3) is 2.02. The lowest BCUT2D eigenvalue weighted by Crippen LogP contribution is -2.07. The van der Waals surface area contributed by atoms with Gasteiger partial charge in [0.05, 0.1) is 29.3 Å². The van der Waals surface area contributed by atoms with Crippen molar-refractivity contribution in [1.29, 1.82) is 0 Å². The number of carboxylic acids is 1. The Kier molecular flexibility index (Phi) is 2.85. The van der Waals surface area contributed by atoms with Crippen molar-refractivity contribution < 1.29 is 14.6 Å². The van der Waals surface area contributed by atoms with Crippen LogP contribution < -0.4 is 0 Å². The molecule has 3 rings (SSSR count). The number of nitrogens with zero attached hydrogens (tertiary/aromatic N) is 1. The largest absolute Gasteiger partial charge is 0.478 e. The van der Waals surface area contributed by atoms with Gasteiger partial charge in [-0.05, 0) is 12.1 Å². The van der Waals surface area contributed by atoms with Crippen LogP contribution in [0.25, 0.3) is 10.6 Å². The summed E-state index contributed by atoms with van der Waals surface area (Å²) < 4.78 is 5.38. The van der Waals surface area contributed by atoms with Crippen molar-refractivity contribution in [2.24, 2.45) is 0 Å². The minimum atomic E-state index is -0.915. The Labute approximate surface area is 108 Å². The summed E-state index contributed by atoms with van der Waals surface area (Å²) in [5.41, 5.74) is 2.23. The van der Waals surface area contributed by atoms with Crippen LogP contribution in [-0.4, -0.2) is 22.7 Å². The SMILES string of the molecule is O=C(O)c1cccc(-c2nc3c(s2)COCC3)c1. The molecule has 0 atom stereocenters. The van der Waals surface area contributed by atoms with E-state index in [4.69, 9.17) is 9.84 Å². The van der Waals surface area contributed by atoms with Gasteiger partial charge in [0, 0.05) is 12.0 Å². The first-order valence-electron chi connectivity index (χ1n) is 5.64. The zero-order chi connectivity index (χ0) is 12.5. The van der Waals surface area contributed by atoms with Crippen molar-refractivity contribution >= 4 is 17.3 Å². The third-order valence-electron chi connectivity index (χ3n) is 2.85. The van der Waals surface area contributed by atoms with Crippen molar-refractivity contribution in [2.75, 3.05) is 6.61 Å². The zero-order valence-corrected chi connectivity index (χ0v) is 10.4. The molecular weight excluding hydrogens is 250 g/mol. The second kappa shape index (κ2) is 4.51. The molecular formula is C13H11NO3S. The van der Waals surface area contributed by atoms with Crippen molar-refractivity contribution in [3.63, 3.8) is 0 Å². The van der Waals surface area contributed by atoms with Gasteiger partial charge >= 0.3 is 5.97 Å². The fourth-order valence-electron chi connectivity index (χ4n) is 1.93. The summed E-state index contributed by atoms with van der Waals surface area (Å²) in [6.45, 7) is 1.33. The molecule has 0 fully saturated rings. The molecule has 0 unspecified atom stereocenters. The van der Waals surface area contributed by atoms with Gasteiger partial charge in [0.1, 0.15) is 5.01 Å². The Bertz CT molecular complexity index is 583. The molecule has 1 aromatic heterocycles. The van der Waals surface area contributed by atoms with Crippen molar-refractivity contribution in [3.8, 4) is 10.6 Å². The van der Waals surface area contributed by atoms with E-state index in [-0.39, 0.29) is 5.56 Å². The average Bonchev–Trinajstić information content (AvgIpc) is 2.82. The molecule has 0 radical (unpaired) electrons. The van der Waals surface area contributed by atoms with Crippen LogP contribution in [-0.2, 0) is 17.8 Å². The lowest BCUT2D eigenvalue weighted by atomic mass is 10.1. The van der Waals surface area contributed by atoms with E-state index in [1.54, 1.807) is 29.5 Å². The first-order valence-corrected chi connectivity index (χ1v) is 6.46. The molecule has 1 N–H and O–H groups in total. The first-order chi connectivity index (χ1) is 8.74. The Morgan fingerprint density at radius 1 is 1.44 bits per heavy atom. The van der Waals surface area contributed by atoms with Gasteiger partial charge in [-0.25, -0.2) is 9.78 Å². The van der Waals surface area contributed by atoms with Crippen LogP contribution in [0.4, 0.5) is 0 Å². The van der Waals surface area contributed by atoms with Crippen molar-refractivity contribution in [2.45, 2.75) is 13.0 Å². The van der Waals surface area contributed by atoms with Crippen LogP contribution in [0.15, 0.2) is 24.3 Å². The second-order valence-corrected chi connectivity index (χ2v) is 5.16. The van der Waals surface area contributed by atoms with Crippen LogP contribution in [0.2, 0.25) is 0 Å². The Morgan fingerprint density at radius 2 is 2.33 bits per heavy atom. The molecule has 5 heteroatoms. The Balaban J connectivity index is 2.01. The number of rotatable bonds is 2. The molecule has 0 bridgehead atoms. The lowest BCUT2D eigenvalue weighted by molar-refractivity contribution is 0.0697. The summed E-state index contributed by atoms with van der Waals surface area (Å²) in [5, 5.41) is 9.85. The number of fused-ring (bicyclic) bond motifs is 1. The number of ether oxygens (including phenoxy) is 1. The van der Waals surface area contributed by atoms with Gasteiger partial charge in [-0.3, -0.25) is 0 Å². The smallest absolute Gasteiger partial charge is 0.335 e. The number of benzene rings is 1. The quantitative estimate of drug-likeness (QED) is 0.902. The maximum absolute atomic E-state index is 10.9. The van der Waals surface area contributed by atoms with E-state index < -0.39 is 5.97 Å². The summed E-state index contributed by atoms with van der Waals surface area (Å²) in [6, 6.07) is 6.88. The van der Waals surface area contributed by atoms with Gasteiger partial charge in [-0.2, -0.15) is 0 Å². The summed E-state index contributed by atoms with van der Waals surface area (Å²) in [4.78, 5) is 16.7. The highest BCUT2D eigenvalue weighted by Gasteiger charge is 2.16. The van der Waals surface area contributed by atoms with Gasteiger partial charge in [-0.15, -0.1) is 11.3 Å². The molecule has 1 aliphatic heterocycles. The monoisotopic (exact) mass is 261 g/mol. The van der Waals surface area contributed by atoms with E-state index in [0.29, 0.717) is 13.2 Å². The standard InChI is InChI=1S/C13H11NO3S/c15-13(16)9-3-1-2-8(6-9)12-14-10-4-5-17-7-11(10)18-12/h1-3,6H,4-5,7H2,(H,15,16). The molecule has 92 valence electrons. The molecule has 1 aromatic carbocycles. The van der Waals surface area contributed by atoms with E-state index in [0.717, 1.165) is 27.6 Å². The normalized spacial score (nSPS) is 14.2. The fourth-order valence-corrected chi connectivity index (χ4v) is 2.98. The number of aromatic carboxylic acids is 1. The summed E-state index contributed by atoms with van der Waals surface area (Å²) in [6.07, 6.45) is 0.838. The van der Waals surface area contributed by atoms with E-state index in [1.165, 1.54) is 0 Å². The van der Waals surface area contributed by atoms with Gasteiger partial charge < -0.3 is 9.84 Å². The zero-order valence-electron chi connectivity index (χ0n) is 9.55. The molecule has 0 saturated carbocycles. The third-order valence-corrected chi connectivity index (χ3v) is 3.97. The topological polar surface area (TPSA) is 59.4 Å². The predicted molar refractivity (Wildman–Crippen MR) is 67.9 cm³/mol. The lowest BCUT2D eigenvalue weighted by Gasteiger charge is -2.08. The number of carbonyl (C=O) groups is 1. The van der Waals surface area contributed by atoms with Gasteiger partial charge in [0.25, 0.3) is 0 Å². The Morgan fingerprint density at radius 3 is 3.11 bits per heavy atom. The molecule has 1 aliphatic rings. The molecule has 0 saturated heterocycles. The van der Waals surface area contributed by atoms with E-state index in [1.807, 2.05) is 6.07 Å². The predicted octanol–water partition coefficient (Wildman–Crippen LogP) is 2.58. The second-order valence-electron chi connectivity index (χ2n) is 4.08. The van der Waals surface area contributed by atoms with Crippen LogP contribution in [0, 0.1) is 0 Å². The van der Waals surface area contributed by atoms with E-state index in [9.17, 15) is 4.79 Å². The fraction of sp³-hybridized carbons (Fsp3) is 0.231. The number of thiazole rings is 1. The maximum Gasteiger partial charge on any atom is 0.335 e. The number of carboxylic acid groups (broad SMARTS) is 1. The van der Waals surface area contributed by atoms with E-state index >= 15 is 0 Å². The Hall–Kier alpha value is -1.72.